The van der Waals surface area contributed by atoms with Crippen LogP contribution in [0.15, 0.2) is 48.5 Å². The highest BCUT2D eigenvalue weighted by Crippen LogP contribution is 2.26. The first-order valence-corrected chi connectivity index (χ1v) is 7.15. The van der Waals surface area contributed by atoms with Crippen LogP contribution in [-0.2, 0) is 9.59 Å². The summed E-state index contributed by atoms with van der Waals surface area (Å²) in [6.45, 7) is 1.99. The van der Waals surface area contributed by atoms with Crippen LogP contribution < -0.4 is 16.0 Å². The third-order valence-corrected chi connectivity index (χ3v) is 3.56. The summed E-state index contributed by atoms with van der Waals surface area (Å²) in [6, 6.07) is 14.4. The zero-order chi connectivity index (χ0) is 15.5. The van der Waals surface area contributed by atoms with Crippen molar-refractivity contribution >= 4 is 28.9 Å². The van der Waals surface area contributed by atoms with Crippen LogP contribution >= 0.6 is 0 Å². The highest BCUT2D eigenvalue weighted by molar-refractivity contribution is 6.06. The van der Waals surface area contributed by atoms with E-state index in [1.807, 2.05) is 55.5 Å². The quantitative estimate of drug-likeness (QED) is 0.815. The predicted molar refractivity (Wildman–Crippen MR) is 86.9 cm³/mol. The largest absolute Gasteiger partial charge is 0.372 e. The van der Waals surface area contributed by atoms with Crippen LogP contribution in [0.2, 0.25) is 0 Å². The number of para-hydroxylation sites is 2. The molecule has 1 heterocycles. The van der Waals surface area contributed by atoms with E-state index in [1.54, 1.807) is 0 Å². The fourth-order valence-corrected chi connectivity index (χ4v) is 2.37. The number of aryl methyl sites for hydroxylation is 1. The molecule has 0 bridgehead atoms. The Morgan fingerprint density at radius 2 is 1.77 bits per heavy atom. The lowest BCUT2D eigenvalue weighted by molar-refractivity contribution is -0.122. The zero-order valence-corrected chi connectivity index (χ0v) is 12.2. The Bertz CT molecular complexity index is 710. The Morgan fingerprint density at radius 3 is 2.50 bits per heavy atom. The summed E-state index contributed by atoms with van der Waals surface area (Å²) in [5.74, 6) is -0.395. The van der Waals surface area contributed by atoms with Crippen molar-refractivity contribution in [3.63, 3.8) is 0 Å². The number of fused-ring (bicyclic) bond motifs is 1. The Balaban J connectivity index is 1.64. The lowest BCUT2D eigenvalue weighted by Crippen LogP contribution is -2.41. The molecule has 1 aliphatic rings. The van der Waals surface area contributed by atoms with Gasteiger partial charge in [0.1, 0.15) is 6.04 Å². The summed E-state index contributed by atoms with van der Waals surface area (Å²) in [5.41, 5.74) is 3.42. The van der Waals surface area contributed by atoms with Gasteiger partial charge in [-0.05, 0) is 31.2 Å². The van der Waals surface area contributed by atoms with Crippen LogP contribution in [0.3, 0.4) is 0 Å². The standard InChI is InChI=1S/C17H17N3O2/c1-11-6-8-12(9-7-11)18-16(21)10-15-17(22)20-14-5-3-2-4-13(14)19-15/h2-9,15,19H,10H2,1H3,(H,18,21)(H,20,22)/t15-/m1/s1. The second-order valence-electron chi connectivity index (χ2n) is 5.35. The molecule has 5 heteroatoms. The van der Waals surface area contributed by atoms with Gasteiger partial charge >= 0.3 is 0 Å². The van der Waals surface area contributed by atoms with E-state index in [-0.39, 0.29) is 18.2 Å². The van der Waals surface area contributed by atoms with Gasteiger partial charge in [-0.3, -0.25) is 9.59 Å². The van der Waals surface area contributed by atoms with E-state index in [9.17, 15) is 9.59 Å². The average Bonchev–Trinajstić information content (AvgIpc) is 2.50. The molecule has 22 heavy (non-hydrogen) atoms. The maximum atomic E-state index is 12.1. The average molecular weight is 295 g/mol. The maximum absolute atomic E-state index is 12.1. The predicted octanol–water partition coefficient (Wildman–Crippen LogP) is 2.76. The molecule has 3 rings (SSSR count). The third-order valence-electron chi connectivity index (χ3n) is 3.56. The summed E-state index contributed by atoms with van der Waals surface area (Å²) in [5, 5.41) is 8.71. The molecule has 112 valence electrons. The third kappa shape index (κ3) is 3.09. The zero-order valence-electron chi connectivity index (χ0n) is 12.2. The first kappa shape index (κ1) is 14.1. The number of hydrogen-bond acceptors (Lipinski definition) is 3. The minimum absolute atomic E-state index is 0.0774. The molecule has 1 aliphatic heterocycles. The number of carbonyl (C=O) groups excluding carboxylic acids is 2. The summed E-state index contributed by atoms with van der Waals surface area (Å²) in [6.07, 6.45) is 0.0774. The molecule has 0 unspecified atom stereocenters. The fraction of sp³-hybridized carbons (Fsp3) is 0.176. The molecule has 2 aromatic carbocycles. The Kier molecular flexibility index (Phi) is 3.78. The molecule has 0 saturated carbocycles. The molecule has 2 aromatic rings. The van der Waals surface area contributed by atoms with Gasteiger partial charge in [0.15, 0.2) is 0 Å². The van der Waals surface area contributed by atoms with Gasteiger partial charge in [-0.1, -0.05) is 29.8 Å². The molecule has 3 N–H and O–H groups in total. The topological polar surface area (TPSA) is 70.2 Å². The minimum atomic E-state index is -0.569. The lowest BCUT2D eigenvalue weighted by atomic mass is 10.1. The number of carbonyl (C=O) groups is 2. The second-order valence-corrected chi connectivity index (χ2v) is 5.35. The van der Waals surface area contributed by atoms with Crippen molar-refractivity contribution in [2.24, 2.45) is 0 Å². The van der Waals surface area contributed by atoms with Crippen LogP contribution in [-0.4, -0.2) is 17.9 Å². The van der Waals surface area contributed by atoms with Gasteiger partial charge in [-0.25, -0.2) is 0 Å². The molecular formula is C17H17N3O2. The van der Waals surface area contributed by atoms with Crippen LogP contribution in [0, 0.1) is 6.92 Å². The molecule has 5 nitrogen and oxygen atoms in total. The highest BCUT2D eigenvalue weighted by Gasteiger charge is 2.27. The molecule has 0 radical (unpaired) electrons. The van der Waals surface area contributed by atoms with E-state index in [2.05, 4.69) is 16.0 Å². The molecule has 0 fully saturated rings. The van der Waals surface area contributed by atoms with E-state index in [4.69, 9.17) is 0 Å². The molecule has 0 spiro atoms. The summed E-state index contributed by atoms with van der Waals surface area (Å²) >= 11 is 0. The van der Waals surface area contributed by atoms with E-state index < -0.39 is 6.04 Å². The first-order valence-electron chi connectivity index (χ1n) is 7.15. The number of anilines is 3. The van der Waals surface area contributed by atoms with Crippen LogP contribution in [0.5, 0.6) is 0 Å². The van der Waals surface area contributed by atoms with Crippen molar-refractivity contribution in [2.45, 2.75) is 19.4 Å². The van der Waals surface area contributed by atoms with Crippen LogP contribution in [0.4, 0.5) is 17.1 Å². The molecule has 0 aromatic heterocycles. The van der Waals surface area contributed by atoms with Gasteiger partial charge in [0, 0.05) is 5.69 Å². The second kappa shape index (κ2) is 5.89. The van der Waals surface area contributed by atoms with Gasteiger partial charge in [-0.2, -0.15) is 0 Å². The number of rotatable bonds is 3. The van der Waals surface area contributed by atoms with Crippen molar-refractivity contribution in [1.29, 1.82) is 0 Å². The van der Waals surface area contributed by atoms with E-state index in [0.717, 1.165) is 22.6 Å². The van der Waals surface area contributed by atoms with Gasteiger partial charge < -0.3 is 16.0 Å². The monoisotopic (exact) mass is 295 g/mol. The number of hydrogen-bond donors (Lipinski definition) is 3. The fourth-order valence-electron chi connectivity index (χ4n) is 2.37. The van der Waals surface area contributed by atoms with Gasteiger partial charge in [0.25, 0.3) is 0 Å². The normalized spacial score (nSPS) is 16.2. The van der Waals surface area contributed by atoms with E-state index in [0.29, 0.717) is 0 Å². The van der Waals surface area contributed by atoms with Crippen molar-refractivity contribution in [3.8, 4) is 0 Å². The maximum Gasteiger partial charge on any atom is 0.247 e. The first-order chi connectivity index (χ1) is 10.6. The van der Waals surface area contributed by atoms with Crippen molar-refractivity contribution in [1.82, 2.24) is 0 Å². The highest BCUT2D eigenvalue weighted by atomic mass is 16.2. The van der Waals surface area contributed by atoms with E-state index >= 15 is 0 Å². The Labute approximate surface area is 128 Å². The number of amides is 2. The van der Waals surface area contributed by atoms with Crippen LogP contribution in [0.25, 0.3) is 0 Å². The lowest BCUT2D eigenvalue weighted by Gasteiger charge is -2.26. The molecule has 2 amide bonds. The van der Waals surface area contributed by atoms with Crippen molar-refractivity contribution < 1.29 is 9.59 Å². The Morgan fingerprint density at radius 1 is 1.09 bits per heavy atom. The van der Waals surface area contributed by atoms with Gasteiger partial charge in [-0.15, -0.1) is 0 Å². The Hall–Kier alpha value is -2.82. The van der Waals surface area contributed by atoms with Crippen molar-refractivity contribution in [3.05, 3.63) is 54.1 Å². The summed E-state index contributed by atoms with van der Waals surface area (Å²) in [7, 11) is 0. The number of benzene rings is 2. The van der Waals surface area contributed by atoms with Crippen LogP contribution in [0.1, 0.15) is 12.0 Å². The van der Waals surface area contributed by atoms with E-state index in [1.165, 1.54) is 0 Å². The minimum Gasteiger partial charge on any atom is -0.372 e. The molecule has 1 atom stereocenters. The van der Waals surface area contributed by atoms with Crippen molar-refractivity contribution in [2.75, 3.05) is 16.0 Å². The molecule has 0 aliphatic carbocycles. The SMILES string of the molecule is Cc1ccc(NC(=O)C[C@H]2Nc3ccccc3NC2=O)cc1. The molecule has 0 saturated heterocycles. The summed E-state index contributed by atoms with van der Waals surface area (Å²) < 4.78 is 0. The number of nitrogens with one attached hydrogen (secondary N) is 3. The van der Waals surface area contributed by atoms with Gasteiger partial charge in [0.2, 0.25) is 11.8 Å². The summed E-state index contributed by atoms with van der Waals surface area (Å²) in [4.78, 5) is 24.1. The molecular weight excluding hydrogens is 278 g/mol. The van der Waals surface area contributed by atoms with Gasteiger partial charge in [0.05, 0.1) is 17.8 Å². The smallest absolute Gasteiger partial charge is 0.247 e.